The highest BCUT2D eigenvalue weighted by Gasteiger charge is 2.33. The lowest BCUT2D eigenvalue weighted by molar-refractivity contribution is -0.142. The maximum atomic E-state index is 13.2. The summed E-state index contributed by atoms with van der Waals surface area (Å²) in [5.41, 5.74) is 2.20. The predicted octanol–water partition coefficient (Wildman–Crippen LogP) is 4.54. The van der Waals surface area contributed by atoms with Crippen molar-refractivity contribution in [3.63, 3.8) is 0 Å². The van der Waals surface area contributed by atoms with Crippen molar-refractivity contribution in [3.8, 4) is 0 Å². The number of aryl methyl sites for hydroxylation is 1. The molecule has 1 N–H and O–H groups in total. The number of nitrogens with one attached hydrogen (secondary N) is 1. The molecule has 1 aliphatic carbocycles. The van der Waals surface area contributed by atoms with Gasteiger partial charge in [-0.05, 0) is 63.6 Å². The Kier molecular flexibility index (Phi) is 5.22. The summed E-state index contributed by atoms with van der Waals surface area (Å²) in [5, 5.41) is 1.00. The smallest absolute Gasteiger partial charge is 0.253 e. The molecule has 1 amide bonds. The summed E-state index contributed by atoms with van der Waals surface area (Å²) >= 11 is 0. The first-order valence-electron chi connectivity index (χ1n) is 9.70. The van der Waals surface area contributed by atoms with Gasteiger partial charge in [-0.2, -0.15) is 0 Å². The van der Waals surface area contributed by atoms with Crippen LogP contribution in [0.25, 0.3) is 10.9 Å². The minimum atomic E-state index is -0.316. The third-order valence-electron chi connectivity index (χ3n) is 5.44. The summed E-state index contributed by atoms with van der Waals surface area (Å²) in [6.07, 6.45) is 5.43. The van der Waals surface area contributed by atoms with E-state index in [0.717, 1.165) is 42.1 Å². The van der Waals surface area contributed by atoms with Crippen LogP contribution in [0.5, 0.6) is 0 Å². The second-order valence-electron chi connectivity index (χ2n) is 8.64. The second kappa shape index (κ2) is 7.26. The summed E-state index contributed by atoms with van der Waals surface area (Å²) in [6.45, 7) is 8.51. The normalized spacial score (nSPS) is 16.0. The molecule has 0 atom stereocenters. The Bertz CT molecular complexity index is 855. The van der Waals surface area contributed by atoms with Crippen molar-refractivity contribution in [2.24, 2.45) is 5.92 Å². The van der Waals surface area contributed by atoms with Gasteiger partial charge in [-0.3, -0.25) is 9.59 Å². The van der Waals surface area contributed by atoms with E-state index in [0.29, 0.717) is 12.1 Å². The fourth-order valence-electron chi connectivity index (χ4n) is 3.86. The lowest BCUT2D eigenvalue weighted by atomic mass is 9.87. The zero-order chi connectivity index (χ0) is 18.9. The number of hydrogen-bond acceptors (Lipinski definition) is 2. The van der Waals surface area contributed by atoms with Crippen molar-refractivity contribution in [2.45, 2.75) is 71.9 Å². The van der Waals surface area contributed by atoms with Crippen LogP contribution in [0.3, 0.4) is 0 Å². The summed E-state index contributed by atoms with van der Waals surface area (Å²) < 4.78 is 0. The molecule has 0 aliphatic heterocycles. The van der Waals surface area contributed by atoms with Crippen molar-refractivity contribution in [2.75, 3.05) is 0 Å². The van der Waals surface area contributed by atoms with Gasteiger partial charge in [-0.1, -0.05) is 31.4 Å². The fourth-order valence-corrected chi connectivity index (χ4v) is 3.86. The lowest BCUT2D eigenvalue weighted by Crippen LogP contribution is -2.48. The molecule has 0 spiro atoms. The largest absolute Gasteiger partial charge is 0.333 e. The van der Waals surface area contributed by atoms with Gasteiger partial charge in [-0.15, -0.1) is 0 Å². The Labute approximate surface area is 155 Å². The molecule has 0 saturated heterocycles. The maximum Gasteiger partial charge on any atom is 0.253 e. The molecule has 4 nitrogen and oxygen atoms in total. The van der Waals surface area contributed by atoms with Crippen LogP contribution in [0.1, 0.15) is 64.0 Å². The molecule has 0 radical (unpaired) electrons. The minimum absolute atomic E-state index is 0.102. The zero-order valence-electron chi connectivity index (χ0n) is 16.4. The number of aromatic amines is 1. The van der Waals surface area contributed by atoms with Crippen molar-refractivity contribution in [1.82, 2.24) is 9.88 Å². The lowest BCUT2D eigenvalue weighted by Gasteiger charge is -2.39. The number of aromatic nitrogens is 1. The first-order valence-corrected chi connectivity index (χ1v) is 9.70. The number of carbonyl (C=O) groups excluding carboxylic acids is 1. The number of pyridine rings is 1. The summed E-state index contributed by atoms with van der Waals surface area (Å²) in [4.78, 5) is 30.7. The Morgan fingerprint density at radius 2 is 1.85 bits per heavy atom. The van der Waals surface area contributed by atoms with Gasteiger partial charge in [0, 0.05) is 22.5 Å². The third-order valence-corrected chi connectivity index (χ3v) is 5.44. The molecule has 1 fully saturated rings. The van der Waals surface area contributed by atoms with E-state index in [1.54, 1.807) is 0 Å². The van der Waals surface area contributed by atoms with Crippen molar-refractivity contribution in [3.05, 3.63) is 45.7 Å². The number of nitrogens with zero attached hydrogens (tertiary/aromatic N) is 1. The molecule has 0 unspecified atom stereocenters. The number of carbonyl (C=O) groups is 1. The monoisotopic (exact) mass is 354 g/mol. The molecule has 26 heavy (non-hydrogen) atoms. The van der Waals surface area contributed by atoms with Crippen LogP contribution in [0, 0.1) is 12.8 Å². The number of amides is 1. The van der Waals surface area contributed by atoms with E-state index in [9.17, 15) is 9.59 Å². The quantitative estimate of drug-likeness (QED) is 0.879. The summed E-state index contributed by atoms with van der Waals surface area (Å²) in [5.74, 6) is 0.297. The van der Waals surface area contributed by atoms with E-state index in [4.69, 9.17) is 0 Å². The van der Waals surface area contributed by atoms with Gasteiger partial charge in [-0.25, -0.2) is 0 Å². The van der Waals surface area contributed by atoms with Gasteiger partial charge in [0.15, 0.2) is 0 Å². The molecular weight excluding hydrogens is 324 g/mol. The number of rotatable bonds is 3. The fraction of sp³-hybridized carbons (Fsp3) is 0.545. The van der Waals surface area contributed by atoms with E-state index in [1.807, 2.05) is 56.9 Å². The van der Waals surface area contributed by atoms with Gasteiger partial charge >= 0.3 is 0 Å². The number of H-pyrrole nitrogens is 1. The Hall–Kier alpha value is -2.10. The SMILES string of the molecule is Cc1ccc2cc(CN(C(=O)C3CCCCC3)C(C)(C)C)c(=O)[nH]c2c1. The van der Waals surface area contributed by atoms with Crippen LogP contribution in [-0.4, -0.2) is 21.3 Å². The maximum absolute atomic E-state index is 13.2. The van der Waals surface area contributed by atoms with Crippen LogP contribution in [0.4, 0.5) is 0 Å². The summed E-state index contributed by atoms with van der Waals surface area (Å²) in [7, 11) is 0. The van der Waals surface area contributed by atoms with Gasteiger partial charge in [0.1, 0.15) is 0 Å². The van der Waals surface area contributed by atoms with E-state index >= 15 is 0 Å². The number of hydrogen-bond donors (Lipinski definition) is 1. The highest BCUT2D eigenvalue weighted by molar-refractivity contribution is 5.81. The highest BCUT2D eigenvalue weighted by Crippen LogP contribution is 2.29. The molecular formula is C22H30N2O2. The van der Waals surface area contributed by atoms with Gasteiger partial charge in [0.05, 0.1) is 6.54 Å². The molecule has 1 aromatic carbocycles. The third kappa shape index (κ3) is 4.00. The van der Waals surface area contributed by atoms with Crippen LogP contribution in [-0.2, 0) is 11.3 Å². The molecule has 1 saturated carbocycles. The van der Waals surface area contributed by atoms with Crippen LogP contribution in [0.15, 0.2) is 29.1 Å². The molecule has 4 heteroatoms. The summed E-state index contributed by atoms with van der Waals surface area (Å²) in [6, 6.07) is 7.98. The van der Waals surface area contributed by atoms with Gasteiger partial charge in [0.2, 0.25) is 5.91 Å². The number of benzene rings is 1. The van der Waals surface area contributed by atoms with Crippen molar-refractivity contribution < 1.29 is 4.79 Å². The predicted molar refractivity (Wildman–Crippen MR) is 106 cm³/mol. The topological polar surface area (TPSA) is 53.2 Å². The average molecular weight is 354 g/mol. The Morgan fingerprint density at radius 3 is 2.50 bits per heavy atom. The molecule has 1 heterocycles. The molecule has 1 aromatic heterocycles. The minimum Gasteiger partial charge on any atom is -0.333 e. The van der Waals surface area contributed by atoms with E-state index < -0.39 is 0 Å². The van der Waals surface area contributed by atoms with E-state index in [-0.39, 0.29) is 22.9 Å². The van der Waals surface area contributed by atoms with E-state index in [2.05, 4.69) is 4.98 Å². The van der Waals surface area contributed by atoms with Crippen LogP contribution < -0.4 is 5.56 Å². The molecule has 3 rings (SSSR count). The molecule has 140 valence electrons. The highest BCUT2D eigenvalue weighted by atomic mass is 16.2. The first kappa shape index (κ1) is 18.7. The van der Waals surface area contributed by atoms with E-state index in [1.165, 1.54) is 6.42 Å². The number of fused-ring (bicyclic) bond motifs is 1. The zero-order valence-corrected chi connectivity index (χ0v) is 16.4. The molecule has 0 bridgehead atoms. The van der Waals surface area contributed by atoms with Gasteiger partial charge < -0.3 is 9.88 Å². The van der Waals surface area contributed by atoms with Gasteiger partial charge in [0.25, 0.3) is 5.56 Å². The Balaban J connectivity index is 1.93. The first-order chi connectivity index (χ1) is 12.3. The van der Waals surface area contributed by atoms with Crippen LogP contribution in [0.2, 0.25) is 0 Å². The average Bonchev–Trinajstić information content (AvgIpc) is 2.59. The van der Waals surface area contributed by atoms with Crippen molar-refractivity contribution >= 4 is 16.8 Å². The molecule has 2 aromatic rings. The molecule has 1 aliphatic rings. The standard InChI is InChI=1S/C22H30N2O2/c1-15-10-11-17-13-18(20(25)23-19(17)12-15)14-24(22(2,3)4)21(26)16-8-6-5-7-9-16/h10-13,16H,5-9,14H2,1-4H3,(H,23,25). The second-order valence-corrected chi connectivity index (χ2v) is 8.64. The van der Waals surface area contributed by atoms with Crippen LogP contribution >= 0.6 is 0 Å². The van der Waals surface area contributed by atoms with Crippen molar-refractivity contribution in [1.29, 1.82) is 0 Å². The Morgan fingerprint density at radius 1 is 1.15 bits per heavy atom.